The van der Waals surface area contributed by atoms with E-state index in [1.54, 1.807) is 50.4 Å². The first-order chi connectivity index (χ1) is 20.0. The van der Waals surface area contributed by atoms with Crippen LogP contribution in [0.25, 0.3) is 33.8 Å². The van der Waals surface area contributed by atoms with E-state index in [0.717, 1.165) is 35.5 Å². The summed E-state index contributed by atoms with van der Waals surface area (Å²) in [6.07, 6.45) is 7.93. The molecule has 3 heterocycles. The molecule has 0 spiro atoms. The summed E-state index contributed by atoms with van der Waals surface area (Å²) in [5.41, 5.74) is 6.11. The van der Waals surface area contributed by atoms with Gasteiger partial charge in [-0.05, 0) is 36.4 Å². The summed E-state index contributed by atoms with van der Waals surface area (Å²) in [4.78, 5) is 34.1. The Morgan fingerprint density at radius 3 is 1.12 bits per heavy atom. The fraction of sp³-hybridized carbons (Fsp3) is 0.0625. The van der Waals surface area contributed by atoms with Crippen LogP contribution < -0.4 is 0 Å². The van der Waals surface area contributed by atoms with Crippen molar-refractivity contribution < 1.29 is 14.4 Å². The Hall–Kier alpha value is -5.70. The van der Waals surface area contributed by atoms with Crippen molar-refractivity contribution in [1.82, 2.24) is 29.3 Å². The van der Waals surface area contributed by atoms with Gasteiger partial charge in [-0.3, -0.25) is 14.4 Å². The van der Waals surface area contributed by atoms with Crippen LogP contribution in [0.4, 0.5) is 0 Å². The van der Waals surface area contributed by atoms with Crippen LogP contribution in [0.3, 0.4) is 0 Å². The molecule has 9 heteroatoms. The van der Waals surface area contributed by atoms with E-state index in [0.29, 0.717) is 33.8 Å². The van der Waals surface area contributed by atoms with Crippen molar-refractivity contribution >= 4 is 18.9 Å². The van der Waals surface area contributed by atoms with Gasteiger partial charge in [0, 0.05) is 58.9 Å². The number of carbonyl (C=O) groups is 3. The van der Waals surface area contributed by atoms with Gasteiger partial charge in [0.05, 0.1) is 17.1 Å². The first kappa shape index (κ1) is 25.6. The van der Waals surface area contributed by atoms with E-state index in [1.165, 1.54) is 0 Å². The third-order valence-corrected chi connectivity index (χ3v) is 7.02. The average molecular weight is 541 g/mol. The lowest BCUT2D eigenvalue weighted by atomic mass is 10.1. The molecule has 9 nitrogen and oxygen atoms in total. The van der Waals surface area contributed by atoms with E-state index < -0.39 is 5.79 Å². The Morgan fingerprint density at radius 2 is 0.829 bits per heavy atom. The number of aromatic nitrogens is 6. The molecular weight excluding hydrogens is 516 g/mol. The maximum Gasteiger partial charge on any atom is 0.245 e. The number of benzene rings is 3. The van der Waals surface area contributed by atoms with E-state index in [1.807, 2.05) is 80.1 Å². The van der Waals surface area contributed by atoms with Crippen LogP contribution in [0.2, 0.25) is 0 Å². The van der Waals surface area contributed by atoms with Gasteiger partial charge in [0.1, 0.15) is 18.9 Å². The number of hydrogen-bond donors (Lipinski definition) is 0. The molecule has 0 atom stereocenters. The SMILES string of the molecule is CC(n1ccc(-c2cccc(C=O)c2)n1)(n1ccc(-c2cccc(C=O)c2)n1)n1ccc(-c2cccc(C=O)c2)n1. The summed E-state index contributed by atoms with van der Waals surface area (Å²) in [5, 5.41) is 14.7. The number of rotatable bonds is 9. The van der Waals surface area contributed by atoms with E-state index in [2.05, 4.69) is 0 Å². The molecule has 3 aromatic carbocycles. The average Bonchev–Trinajstić information content (AvgIpc) is 3.83. The fourth-order valence-electron chi connectivity index (χ4n) is 4.77. The van der Waals surface area contributed by atoms with Crippen molar-refractivity contribution in [2.24, 2.45) is 0 Å². The molecule has 0 aliphatic heterocycles. The molecule has 0 radical (unpaired) electrons. The predicted octanol–water partition coefficient (Wildman–Crippen LogP) is 5.44. The van der Waals surface area contributed by atoms with Crippen molar-refractivity contribution in [2.45, 2.75) is 12.7 Å². The lowest BCUT2D eigenvalue weighted by Crippen LogP contribution is -2.46. The molecule has 41 heavy (non-hydrogen) atoms. The maximum absolute atomic E-state index is 11.4. The second-order valence-corrected chi connectivity index (χ2v) is 9.64. The molecule has 6 aromatic rings. The number of carbonyl (C=O) groups excluding carboxylic acids is 3. The van der Waals surface area contributed by atoms with Gasteiger partial charge in [-0.25, -0.2) is 14.0 Å². The largest absolute Gasteiger partial charge is 0.298 e. The van der Waals surface area contributed by atoms with E-state index in [4.69, 9.17) is 15.3 Å². The summed E-state index contributed by atoms with van der Waals surface area (Å²) in [6.45, 7) is 1.93. The minimum absolute atomic E-state index is 0.559. The van der Waals surface area contributed by atoms with Gasteiger partial charge in [0.15, 0.2) is 0 Å². The van der Waals surface area contributed by atoms with Gasteiger partial charge >= 0.3 is 0 Å². The first-order valence-corrected chi connectivity index (χ1v) is 12.9. The highest BCUT2D eigenvalue weighted by atomic mass is 16.1. The van der Waals surface area contributed by atoms with Gasteiger partial charge in [-0.1, -0.05) is 54.6 Å². The van der Waals surface area contributed by atoms with Crippen molar-refractivity contribution in [3.63, 3.8) is 0 Å². The Kier molecular flexibility index (Phi) is 6.52. The predicted molar refractivity (Wildman–Crippen MR) is 154 cm³/mol. The zero-order valence-electron chi connectivity index (χ0n) is 22.0. The second-order valence-electron chi connectivity index (χ2n) is 9.64. The zero-order valence-corrected chi connectivity index (χ0v) is 22.0. The van der Waals surface area contributed by atoms with Gasteiger partial charge in [-0.2, -0.15) is 15.3 Å². The Balaban J connectivity index is 1.48. The third-order valence-electron chi connectivity index (χ3n) is 7.02. The van der Waals surface area contributed by atoms with Crippen LogP contribution in [-0.4, -0.2) is 48.2 Å². The molecular formula is C32H24N6O3. The summed E-state index contributed by atoms with van der Waals surface area (Å²) >= 11 is 0. The Labute approximate surface area is 235 Å². The van der Waals surface area contributed by atoms with E-state index in [9.17, 15) is 14.4 Å². The summed E-state index contributed by atoms with van der Waals surface area (Å²) < 4.78 is 5.27. The van der Waals surface area contributed by atoms with Crippen LogP contribution in [0.5, 0.6) is 0 Å². The lowest BCUT2D eigenvalue weighted by Gasteiger charge is -2.31. The highest BCUT2D eigenvalue weighted by Gasteiger charge is 2.34. The number of aldehydes is 3. The number of hydrogen-bond acceptors (Lipinski definition) is 6. The molecule has 0 aliphatic rings. The topological polar surface area (TPSA) is 105 Å². The smallest absolute Gasteiger partial charge is 0.245 e. The zero-order chi connectivity index (χ0) is 28.4. The first-order valence-electron chi connectivity index (χ1n) is 12.9. The third kappa shape index (κ3) is 4.70. The van der Waals surface area contributed by atoms with E-state index >= 15 is 0 Å². The minimum Gasteiger partial charge on any atom is -0.298 e. The van der Waals surface area contributed by atoms with Gasteiger partial charge in [0.2, 0.25) is 5.79 Å². The monoisotopic (exact) mass is 540 g/mol. The Bertz CT molecular complexity index is 1680. The van der Waals surface area contributed by atoms with Crippen LogP contribution in [0.15, 0.2) is 110 Å². The highest BCUT2D eigenvalue weighted by Crippen LogP contribution is 2.28. The van der Waals surface area contributed by atoms with Crippen LogP contribution in [0, 0.1) is 0 Å². The van der Waals surface area contributed by atoms with Crippen molar-refractivity contribution in [2.75, 3.05) is 0 Å². The van der Waals surface area contributed by atoms with Crippen LogP contribution >= 0.6 is 0 Å². The Morgan fingerprint density at radius 1 is 0.512 bits per heavy atom. The summed E-state index contributed by atoms with van der Waals surface area (Å²) in [5.74, 6) is -1.08. The van der Waals surface area contributed by atoms with E-state index in [-0.39, 0.29) is 0 Å². The standard InChI is InChI=1S/C32H24N6O3/c1-32(36-14-11-29(33-36)26-8-2-5-23(17-26)20-39,37-15-12-30(34-37)27-9-3-6-24(18-27)21-40)38-16-13-31(35-38)28-10-4-7-25(19-28)22-41/h2-22H,1H3. The second kappa shape index (κ2) is 10.5. The molecule has 0 bridgehead atoms. The molecule has 0 fully saturated rings. The van der Waals surface area contributed by atoms with Crippen molar-refractivity contribution in [3.8, 4) is 33.8 Å². The quantitative estimate of drug-likeness (QED) is 0.226. The van der Waals surface area contributed by atoms with Crippen molar-refractivity contribution in [1.29, 1.82) is 0 Å². The normalized spacial score (nSPS) is 11.3. The van der Waals surface area contributed by atoms with Gasteiger partial charge < -0.3 is 0 Å². The molecule has 0 aliphatic carbocycles. The molecule has 200 valence electrons. The molecule has 0 saturated carbocycles. The molecule has 3 aromatic heterocycles. The molecule has 0 unspecified atom stereocenters. The molecule has 0 N–H and O–H groups in total. The molecule has 0 saturated heterocycles. The van der Waals surface area contributed by atoms with Gasteiger partial charge in [-0.15, -0.1) is 0 Å². The minimum atomic E-state index is -1.08. The molecule has 0 amide bonds. The van der Waals surface area contributed by atoms with Crippen LogP contribution in [0.1, 0.15) is 38.0 Å². The highest BCUT2D eigenvalue weighted by molar-refractivity contribution is 5.79. The van der Waals surface area contributed by atoms with Crippen LogP contribution in [-0.2, 0) is 5.79 Å². The fourth-order valence-corrected chi connectivity index (χ4v) is 4.77. The summed E-state index contributed by atoms with van der Waals surface area (Å²) in [7, 11) is 0. The maximum atomic E-state index is 11.4. The van der Waals surface area contributed by atoms with Crippen molar-refractivity contribution in [3.05, 3.63) is 126 Å². The molecule has 6 rings (SSSR count). The van der Waals surface area contributed by atoms with Gasteiger partial charge in [0.25, 0.3) is 0 Å². The summed E-state index contributed by atoms with van der Waals surface area (Å²) in [6, 6.07) is 27.4. The number of nitrogens with zero attached hydrogens (tertiary/aromatic N) is 6. The lowest BCUT2D eigenvalue weighted by molar-refractivity contribution is 0.111.